The molecule has 0 saturated carbocycles. The Morgan fingerprint density at radius 2 is 2.29 bits per heavy atom. The second-order valence-electron chi connectivity index (χ2n) is 3.50. The summed E-state index contributed by atoms with van der Waals surface area (Å²) in [4.78, 5) is 11.4. The fraction of sp³-hybridized carbons (Fsp3) is 0.300. The van der Waals surface area contributed by atoms with Crippen molar-refractivity contribution in [2.24, 2.45) is 0 Å². The minimum atomic E-state index is -0.811. The van der Waals surface area contributed by atoms with Crippen LogP contribution in [0.5, 0.6) is 0 Å². The van der Waals surface area contributed by atoms with E-state index in [1.54, 1.807) is 6.92 Å². The molecule has 0 aliphatic rings. The van der Waals surface area contributed by atoms with E-state index in [0.717, 1.165) is 0 Å². The van der Waals surface area contributed by atoms with E-state index in [0.29, 0.717) is 11.5 Å². The van der Waals surface area contributed by atoms with Crippen molar-refractivity contribution in [2.75, 3.05) is 7.11 Å². The third-order valence-electron chi connectivity index (χ3n) is 2.28. The summed E-state index contributed by atoms with van der Waals surface area (Å²) in [6, 6.07) is 1.45. The zero-order valence-corrected chi connectivity index (χ0v) is 9.97. The highest BCUT2D eigenvalue weighted by atomic mass is 35.5. The van der Waals surface area contributed by atoms with Gasteiger partial charge >= 0.3 is 5.97 Å². The number of esters is 1. The Morgan fingerprint density at radius 3 is 2.88 bits per heavy atom. The summed E-state index contributed by atoms with van der Waals surface area (Å²) in [5.74, 6) is -0.202. The first-order valence-electron chi connectivity index (χ1n) is 4.85. The maximum absolute atomic E-state index is 11.4. The molecule has 0 bridgehead atoms. The van der Waals surface area contributed by atoms with Crippen LogP contribution in [0.15, 0.2) is 12.3 Å². The molecule has 17 heavy (non-hydrogen) atoms. The van der Waals surface area contributed by atoms with Gasteiger partial charge in [-0.25, -0.2) is 4.79 Å². The minimum Gasteiger partial charge on any atom is -0.465 e. The number of aliphatic hydroxyl groups excluding tert-OH is 1. The normalized spacial score (nSPS) is 12.7. The van der Waals surface area contributed by atoms with E-state index in [9.17, 15) is 9.90 Å². The highest BCUT2D eigenvalue weighted by Crippen LogP contribution is 2.21. The van der Waals surface area contributed by atoms with E-state index in [4.69, 9.17) is 11.6 Å². The van der Waals surface area contributed by atoms with Gasteiger partial charge in [0.2, 0.25) is 0 Å². The molecule has 2 heterocycles. The van der Waals surface area contributed by atoms with Gasteiger partial charge in [0.15, 0.2) is 11.5 Å². The number of aliphatic hydroxyl groups is 1. The Hall–Kier alpha value is -1.66. The zero-order chi connectivity index (χ0) is 12.6. The van der Waals surface area contributed by atoms with E-state index >= 15 is 0 Å². The van der Waals surface area contributed by atoms with Crippen LogP contribution in [-0.4, -0.2) is 32.8 Å². The van der Waals surface area contributed by atoms with Crippen molar-refractivity contribution in [1.82, 2.24) is 14.6 Å². The van der Waals surface area contributed by atoms with E-state index in [1.807, 2.05) is 0 Å². The molecule has 0 spiro atoms. The van der Waals surface area contributed by atoms with Crippen LogP contribution in [0.4, 0.5) is 0 Å². The molecular formula is C10H10ClN3O3. The average Bonchev–Trinajstić information content (AvgIpc) is 2.72. The predicted octanol–water partition coefficient (Wildman–Crippen LogP) is 1.22. The number of methoxy groups -OCH3 is 1. The Labute approximate surface area is 102 Å². The Balaban J connectivity index is 2.69. The molecule has 2 aromatic heterocycles. The van der Waals surface area contributed by atoms with Gasteiger partial charge in [-0.2, -0.15) is 0 Å². The van der Waals surface area contributed by atoms with Gasteiger partial charge in [-0.05, 0) is 13.0 Å². The number of fused-ring (bicyclic) bond motifs is 1. The molecule has 0 aliphatic carbocycles. The summed E-state index contributed by atoms with van der Waals surface area (Å²) < 4.78 is 6.07. The van der Waals surface area contributed by atoms with Crippen molar-refractivity contribution < 1.29 is 14.6 Å². The van der Waals surface area contributed by atoms with Crippen LogP contribution in [0.25, 0.3) is 5.65 Å². The van der Waals surface area contributed by atoms with Gasteiger partial charge in [-0.1, -0.05) is 11.6 Å². The van der Waals surface area contributed by atoms with Crippen LogP contribution in [0.3, 0.4) is 0 Å². The molecule has 1 atom stereocenters. The Kier molecular flexibility index (Phi) is 2.99. The average molecular weight is 256 g/mol. The van der Waals surface area contributed by atoms with Crippen molar-refractivity contribution in [3.63, 3.8) is 0 Å². The van der Waals surface area contributed by atoms with Crippen molar-refractivity contribution >= 4 is 23.2 Å². The SMILES string of the molecule is COC(=O)c1cc(Cl)c2nnc([C@H](C)O)n2c1. The molecule has 2 rings (SSSR count). The van der Waals surface area contributed by atoms with Gasteiger partial charge in [0.1, 0.15) is 6.10 Å². The summed E-state index contributed by atoms with van der Waals surface area (Å²) in [7, 11) is 1.28. The van der Waals surface area contributed by atoms with Gasteiger partial charge < -0.3 is 9.84 Å². The third-order valence-corrected chi connectivity index (χ3v) is 2.56. The maximum Gasteiger partial charge on any atom is 0.339 e. The molecule has 0 amide bonds. The minimum absolute atomic E-state index is 0.270. The van der Waals surface area contributed by atoms with Gasteiger partial charge in [0.25, 0.3) is 0 Å². The number of pyridine rings is 1. The summed E-state index contributed by atoms with van der Waals surface area (Å²) in [5, 5.41) is 17.4. The molecule has 1 N–H and O–H groups in total. The largest absolute Gasteiger partial charge is 0.465 e. The number of carbonyl (C=O) groups is 1. The maximum atomic E-state index is 11.4. The van der Waals surface area contributed by atoms with Crippen molar-refractivity contribution in [3.05, 3.63) is 28.7 Å². The number of aromatic nitrogens is 3. The molecule has 0 aliphatic heterocycles. The monoisotopic (exact) mass is 255 g/mol. The highest BCUT2D eigenvalue weighted by Gasteiger charge is 2.16. The first-order chi connectivity index (χ1) is 8.04. The molecule has 0 fully saturated rings. The first-order valence-corrected chi connectivity index (χ1v) is 5.23. The van der Waals surface area contributed by atoms with Crippen molar-refractivity contribution in [2.45, 2.75) is 13.0 Å². The highest BCUT2D eigenvalue weighted by molar-refractivity contribution is 6.33. The number of ether oxygens (including phenoxy) is 1. The van der Waals surface area contributed by atoms with Crippen LogP contribution in [0, 0.1) is 0 Å². The van der Waals surface area contributed by atoms with Crippen LogP contribution in [-0.2, 0) is 4.74 Å². The van der Waals surface area contributed by atoms with E-state index < -0.39 is 12.1 Å². The van der Waals surface area contributed by atoms with E-state index in [2.05, 4.69) is 14.9 Å². The zero-order valence-electron chi connectivity index (χ0n) is 9.22. The molecule has 0 saturated heterocycles. The molecular weight excluding hydrogens is 246 g/mol. The molecule has 7 heteroatoms. The topological polar surface area (TPSA) is 76.7 Å². The van der Waals surface area contributed by atoms with Gasteiger partial charge in [-0.3, -0.25) is 4.40 Å². The van der Waals surface area contributed by atoms with Crippen molar-refractivity contribution in [1.29, 1.82) is 0 Å². The van der Waals surface area contributed by atoms with Crippen molar-refractivity contribution in [3.8, 4) is 0 Å². The Morgan fingerprint density at radius 1 is 1.59 bits per heavy atom. The third kappa shape index (κ3) is 1.96. The fourth-order valence-electron chi connectivity index (χ4n) is 1.49. The summed E-state index contributed by atoms with van der Waals surface area (Å²) in [5.41, 5.74) is 0.655. The number of carbonyl (C=O) groups excluding carboxylic acids is 1. The quantitative estimate of drug-likeness (QED) is 0.817. The van der Waals surface area contributed by atoms with Gasteiger partial charge in [0.05, 0.1) is 17.7 Å². The van der Waals surface area contributed by atoms with E-state index in [-0.39, 0.29) is 10.6 Å². The van der Waals surface area contributed by atoms with E-state index in [1.165, 1.54) is 23.8 Å². The number of hydrogen-bond donors (Lipinski definition) is 1. The molecule has 2 aromatic rings. The molecule has 0 unspecified atom stereocenters. The lowest BCUT2D eigenvalue weighted by molar-refractivity contribution is 0.0600. The van der Waals surface area contributed by atoms with Crippen LogP contribution in [0.1, 0.15) is 29.2 Å². The molecule has 0 radical (unpaired) electrons. The summed E-state index contributed by atoms with van der Waals surface area (Å²) >= 11 is 5.97. The number of nitrogens with zero attached hydrogens (tertiary/aromatic N) is 3. The van der Waals surface area contributed by atoms with Crippen LogP contribution >= 0.6 is 11.6 Å². The number of rotatable bonds is 2. The van der Waals surface area contributed by atoms with Gasteiger partial charge in [0, 0.05) is 6.20 Å². The summed E-state index contributed by atoms with van der Waals surface area (Å²) in [6.07, 6.45) is 0.670. The lowest BCUT2D eigenvalue weighted by Crippen LogP contribution is -2.05. The predicted molar refractivity (Wildman–Crippen MR) is 60.0 cm³/mol. The molecule has 6 nitrogen and oxygen atoms in total. The number of halogens is 1. The molecule has 90 valence electrons. The fourth-order valence-corrected chi connectivity index (χ4v) is 1.73. The second-order valence-corrected chi connectivity index (χ2v) is 3.90. The smallest absolute Gasteiger partial charge is 0.339 e. The first kappa shape index (κ1) is 11.8. The standard InChI is InChI=1S/C10H10ClN3O3/c1-5(15)8-12-13-9-7(11)3-6(4-14(8)9)10(16)17-2/h3-5,15H,1-2H3/t5-/m0/s1. The second kappa shape index (κ2) is 4.31. The molecule has 0 aromatic carbocycles. The van der Waals surface area contributed by atoms with Crippen LogP contribution < -0.4 is 0 Å². The van der Waals surface area contributed by atoms with Crippen LogP contribution in [0.2, 0.25) is 5.02 Å². The number of hydrogen-bond acceptors (Lipinski definition) is 5. The Bertz CT molecular complexity index is 579. The lowest BCUT2D eigenvalue weighted by Gasteiger charge is -2.05. The summed E-state index contributed by atoms with van der Waals surface area (Å²) in [6.45, 7) is 1.55. The van der Waals surface area contributed by atoms with Gasteiger partial charge in [-0.15, -0.1) is 10.2 Å². The lowest BCUT2D eigenvalue weighted by atomic mass is 10.3.